The first-order valence-corrected chi connectivity index (χ1v) is 9.19. The number of methoxy groups -OCH3 is 2. The Bertz CT molecular complexity index is 804. The van der Waals surface area contributed by atoms with Gasteiger partial charge in [-0.05, 0) is 30.5 Å². The van der Waals surface area contributed by atoms with Gasteiger partial charge in [0.2, 0.25) is 11.6 Å². The second kappa shape index (κ2) is 9.64. The van der Waals surface area contributed by atoms with Gasteiger partial charge in [0.25, 0.3) is 0 Å². The summed E-state index contributed by atoms with van der Waals surface area (Å²) < 4.78 is 16.6. The SMILES string of the molecule is CN=C(NCc1ccc(Oc2c(OC)cccc2OC)nc1)NC1CC=CC1. The molecular weight excluding hydrogens is 356 g/mol. The Hall–Kier alpha value is -3.22. The lowest BCUT2D eigenvalue weighted by atomic mass is 10.2. The largest absolute Gasteiger partial charge is 0.493 e. The average Bonchev–Trinajstić information content (AvgIpc) is 3.25. The summed E-state index contributed by atoms with van der Waals surface area (Å²) in [6.07, 6.45) is 8.20. The third-order valence-electron chi connectivity index (χ3n) is 4.42. The number of nitrogens with zero attached hydrogens (tertiary/aromatic N) is 2. The Morgan fingerprint density at radius 1 is 1.11 bits per heavy atom. The molecule has 3 rings (SSSR count). The van der Waals surface area contributed by atoms with Crippen molar-refractivity contribution in [3.05, 3.63) is 54.2 Å². The van der Waals surface area contributed by atoms with Crippen LogP contribution in [0.15, 0.2) is 53.7 Å². The summed E-state index contributed by atoms with van der Waals surface area (Å²) in [5.41, 5.74) is 1.02. The molecule has 148 valence electrons. The van der Waals surface area contributed by atoms with Crippen LogP contribution >= 0.6 is 0 Å². The second-order valence-corrected chi connectivity index (χ2v) is 6.31. The van der Waals surface area contributed by atoms with Gasteiger partial charge in [-0.2, -0.15) is 0 Å². The van der Waals surface area contributed by atoms with Gasteiger partial charge in [-0.1, -0.05) is 24.3 Å². The van der Waals surface area contributed by atoms with Crippen LogP contribution in [0.2, 0.25) is 0 Å². The molecule has 0 saturated heterocycles. The highest BCUT2D eigenvalue weighted by molar-refractivity contribution is 5.80. The van der Waals surface area contributed by atoms with E-state index >= 15 is 0 Å². The molecule has 0 unspecified atom stereocenters. The van der Waals surface area contributed by atoms with Crippen LogP contribution in [0.1, 0.15) is 18.4 Å². The predicted molar refractivity (Wildman–Crippen MR) is 109 cm³/mol. The van der Waals surface area contributed by atoms with Crippen molar-refractivity contribution in [3.63, 3.8) is 0 Å². The van der Waals surface area contributed by atoms with Crippen molar-refractivity contribution < 1.29 is 14.2 Å². The van der Waals surface area contributed by atoms with Gasteiger partial charge in [-0.15, -0.1) is 0 Å². The van der Waals surface area contributed by atoms with Crippen LogP contribution in [0.5, 0.6) is 23.1 Å². The molecule has 7 heteroatoms. The maximum Gasteiger partial charge on any atom is 0.219 e. The molecule has 0 spiro atoms. The fraction of sp³-hybridized carbons (Fsp3) is 0.333. The van der Waals surface area contributed by atoms with E-state index in [0.717, 1.165) is 24.4 Å². The standard InChI is InChI=1S/C21H26N4O3/c1-22-21(25-16-7-4-5-8-16)24-14-15-11-12-19(23-13-15)28-20-17(26-2)9-6-10-18(20)27-3/h4-6,9-13,16H,7-8,14H2,1-3H3,(H2,22,24,25). The van der Waals surface area contributed by atoms with Gasteiger partial charge in [0.1, 0.15) is 0 Å². The summed E-state index contributed by atoms with van der Waals surface area (Å²) in [6.45, 7) is 0.616. The van der Waals surface area contributed by atoms with E-state index in [4.69, 9.17) is 14.2 Å². The third-order valence-corrected chi connectivity index (χ3v) is 4.42. The molecule has 2 N–H and O–H groups in total. The van der Waals surface area contributed by atoms with Gasteiger partial charge >= 0.3 is 0 Å². The van der Waals surface area contributed by atoms with E-state index in [0.29, 0.717) is 35.7 Å². The molecule has 0 saturated carbocycles. The number of rotatable bonds is 7. The first-order valence-electron chi connectivity index (χ1n) is 9.19. The normalized spacial score (nSPS) is 14.0. The molecule has 2 aromatic rings. The zero-order valence-corrected chi connectivity index (χ0v) is 16.4. The van der Waals surface area contributed by atoms with Crippen LogP contribution in [-0.2, 0) is 6.54 Å². The molecule has 1 aromatic heterocycles. The molecule has 0 aliphatic heterocycles. The van der Waals surface area contributed by atoms with Crippen molar-refractivity contribution in [2.75, 3.05) is 21.3 Å². The summed E-state index contributed by atoms with van der Waals surface area (Å²) in [6, 6.07) is 9.66. The number of ether oxygens (including phenoxy) is 3. The van der Waals surface area contributed by atoms with Crippen LogP contribution in [0.4, 0.5) is 0 Å². The third kappa shape index (κ3) is 4.94. The van der Waals surface area contributed by atoms with E-state index in [1.54, 1.807) is 27.5 Å². The lowest BCUT2D eigenvalue weighted by Gasteiger charge is -2.17. The maximum absolute atomic E-state index is 5.89. The van der Waals surface area contributed by atoms with Crippen molar-refractivity contribution in [2.45, 2.75) is 25.4 Å². The Morgan fingerprint density at radius 3 is 2.39 bits per heavy atom. The molecule has 0 radical (unpaired) electrons. The van der Waals surface area contributed by atoms with Crippen LogP contribution in [0.25, 0.3) is 0 Å². The van der Waals surface area contributed by atoms with Gasteiger partial charge < -0.3 is 24.8 Å². The van der Waals surface area contributed by atoms with Crippen LogP contribution in [0, 0.1) is 0 Å². The van der Waals surface area contributed by atoms with Gasteiger partial charge in [0.05, 0.1) is 14.2 Å². The fourth-order valence-corrected chi connectivity index (χ4v) is 2.91. The maximum atomic E-state index is 5.89. The topological polar surface area (TPSA) is 77.0 Å². The second-order valence-electron chi connectivity index (χ2n) is 6.31. The summed E-state index contributed by atoms with van der Waals surface area (Å²) >= 11 is 0. The number of aliphatic imine (C=N–C) groups is 1. The van der Waals surface area contributed by atoms with Crippen molar-refractivity contribution in [2.24, 2.45) is 4.99 Å². The number of pyridine rings is 1. The molecule has 1 heterocycles. The highest BCUT2D eigenvalue weighted by Gasteiger charge is 2.14. The quantitative estimate of drug-likeness (QED) is 0.435. The summed E-state index contributed by atoms with van der Waals surface area (Å²) in [7, 11) is 4.95. The van der Waals surface area contributed by atoms with Crippen LogP contribution < -0.4 is 24.8 Å². The zero-order valence-electron chi connectivity index (χ0n) is 16.4. The van der Waals surface area contributed by atoms with Crippen LogP contribution in [0.3, 0.4) is 0 Å². The molecule has 1 aliphatic rings. The predicted octanol–water partition coefficient (Wildman–Crippen LogP) is 3.27. The minimum Gasteiger partial charge on any atom is -0.493 e. The van der Waals surface area contributed by atoms with Gasteiger partial charge in [-0.25, -0.2) is 4.98 Å². The van der Waals surface area contributed by atoms with Crippen molar-refractivity contribution in [3.8, 4) is 23.1 Å². The Labute approximate surface area is 165 Å². The molecule has 1 aromatic carbocycles. The number of aromatic nitrogens is 1. The van der Waals surface area contributed by atoms with E-state index in [1.807, 2.05) is 30.3 Å². The number of hydrogen-bond acceptors (Lipinski definition) is 5. The van der Waals surface area contributed by atoms with E-state index in [2.05, 4.69) is 32.8 Å². The minimum atomic E-state index is 0.413. The highest BCUT2D eigenvalue weighted by atomic mass is 16.5. The summed E-state index contributed by atoms with van der Waals surface area (Å²) in [4.78, 5) is 8.66. The number of benzene rings is 1. The van der Waals surface area contributed by atoms with Crippen molar-refractivity contribution in [1.29, 1.82) is 0 Å². The number of nitrogens with one attached hydrogen (secondary N) is 2. The Morgan fingerprint density at radius 2 is 1.82 bits per heavy atom. The molecular formula is C21H26N4O3. The molecule has 0 fully saturated rings. The first kappa shape index (κ1) is 19.5. The lowest BCUT2D eigenvalue weighted by Crippen LogP contribution is -2.42. The monoisotopic (exact) mass is 382 g/mol. The zero-order chi connectivity index (χ0) is 19.8. The Balaban J connectivity index is 1.59. The summed E-state index contributed by atoms with van der Waals surface area (Å²) in [5, 5.41) is 6.72. The minimum absolute atomic E-state index is 0.413. The fourth-order valence-electron chi connectivity index (χ4n) is 2.91. The molecule has 1 aliphatic carbocycles. The molecule has 28 heavy (non-hydrogen) atoms. The molecule has 0 bridgehead atoms. The van der Waals surface area contributed by atoms with Crippen LogP contribution in [-0.4, -0.2) is 38.3 Å². The smallest absolute Gasteiger partial charge is 0.219 e. The lowest BCUT2D eigenvalue weighted by molar-refractivity contribution is 0.342. The van der Waals surface area contributed by atoms with Gasteiger partial charge in [-0.3, -0.25) is 4.99 Å². The van der Waals surface area contributed by atoms with E-state index in [1.165, 1.54) is 0 Å². The highest BCUT2D eigenvalue weighted by Crippen LogP contribution is 2.39. The number of para-hydroxylation sites is 1. The van der Waals surface area contributed by atoms with Crippen molar-refractivity contribution >= 4 is 5.96 Å². The van der Waals surface area contributed by atoms with E-state index in [-0.39, 0.29) is 0 Å². The molecule has 0 amide bonds. The van der Waals surface area contributed by atoms with E-state index in [9.17, 15) is 0 Å². The van der Waals surface area contributed by atoms with Gasteiger partial charge in [0.15, 0.2) is 17.5 Å². The summed E-state index contributed by atoms with van der Waals surface area (Å²) in [5.74, 6) is 2.92. The number of hydrogen-bond donors (Lipinski definition) is 2. The van der Waals surface area contributed by atoms with Gasteiger partial charge in [0, 0.05) is 31.9 Å². The molecule has 0 atom stereocenters. The van der Waals surface area contributed by atoms with Crippen molar-refractivity contribution in [1.82, 2.24) is 15.6 Å². The first-order chi connectivity index (χ1) is 13.7. The molecule has 7 nitrogen and oxygen atoms in total. The average molecular weight is 382 g/mol. The number of guanidine groups is 1. The van der Waals surface area contributed by atoms with E-state index < -0.39 is 0 Å². The Kier molecular flexibility index (Phi) is 6.73.